The molecule has 0 saturated carbocycles. The van der Waals surface area contributed by atoms with Crippen LogP contribution in [0.4, 0.5) is 19.3 Å². The van der Waals surface area contributed by atoms with E-state index in [4.69, 9.17) is 0 Å². The Morgan fingerprint density at radius 1 is 1.03 bits per heavy atom. The maximum Gasteiger partial charge on any atom is 0.317 e. The molecule has 2 amide bonds. The van der Waals surface area contributed by atoms with Crippen LogP contribution in [0.3, 0.4) is 0 Å². The van der Waals surface area contributed by atoms with Gasteiger partial charge in [-0.05, 0) is 55.2 Å². The van der Waals surface area contributed by atoms with Gasteiger partial charge in [-0.3, -0.25) is 4.79 Å². The first kappa shape index (κ1) is 19.4. The number of amides is 2. The smallest absolute Gasteiger partial charge is 0.317 e. The van der Waals surface area contributed by atoms with Crippen molar-refractivity contribution in [2.45, 2.75) is 37.8 Å². The highest BCUT2D eigenvalue weighted by molar-refractivity contribution is 6.02. The third-order valence-corrected chi connectivity index (χ3v) is 5.88. The summed E-state index contributed by atoms with van der Waals surface area (Å²) in [6.45, 7) is 1.46. The maximum atomic E-state index is 13.5. The van der Waals surface area contributed by atoms with Crippen molar-refractivity contribution >= 4 is 17.5 Å². The average Bonchev–Trinajstić information content (AvgIpc) is 2.85. The number of Topliss-reactive ketones (excluding diaryl/α,β-unsaturated/α-hetero) is 1. The molecule has 1 saturated heterocycles. The Kier molecular flexibility index (Phi) is 5.22. The molecule has 0 unspecified atom stereocenters. The van der Waals surface area contributed by atoms with E-state index in [1.807, 2.05) is 0 Å². The van der Waals surface area contributed by atoms with Gasteiger partial charge in [0.25, 0.3) is 0 Å². The maximum absolute atomic E-state index is 13.5. The van der Waals surface area contributed by atoms with Crippen LogP contribution in [0.1, 0.15) is 41.6 Å². The number of ketones is 1. The van der Waals surface area contributed by atoms with E-state index in [2.05, 4.69) is 10.6 Å². The lowest BCUT2D eigenvalue weighted by molar-refractivity contribution is 0.0967. The number of hydrogen-bond donors (Lipinski definition) is 2. The van der Waals surface area contributed by atoms with Crippen LogP contribution in [0.15, 0.2) is 42.5 Å². The predicted molar refractivity (Wildman–Crippen MR) is 106 cm³/mol. The van der Waals surface area contributed by atoms with Crippen LogP contribution < -0.4 is 10.6 Å². The Bertz CT molecular complexity index is 922. The van der Waals surface area contributed by atoms with E-state index in [1.54, 1.807) is 23.1 Å². The number of urea groups is 1. The molecule has 1 fully saturated rings. The number of nitrogens with one attached hydrogen (secondary N) is 2. The van der Waals surface area contributed by atoms with E-state index in [1.165, 1.54) is 24.3 Å². The Morgan fingerprint density at radius 2 is 1.72 bits per heavy atom. The molecule has 2 aliphatic heterocycles. The van der Waals surface area contributed by atoms with Crippen molar-refractivity contribution in [2.75, 3.05) is 18.4 Å². The van der Waals surface area contributed by atoms with Crippen molar-refractivity contribution in [2.24, 2.45) is 0 Å². The van der Waals surface area contributed by atoms with E-state index in [9.17, 15) is 18.4 Å². The Balaban J connectivity index is 1.37. The minimum atomic E-state index is -0.414. The van der Waals surface area contributed by atoms with Crippen LogP contribution in [0.25, 0.3) is 0 Å². The average molecular weight is 399 g/mol. The SMILES string of the molecule is O=C1CCC2(CCN(C(=O)NCc3ccc(F)cc3)CC2)Nc2ccc(F)cc21. The first-order chi connectivity index (χ1) is 13.9. The summed E-state index contributed by atoms with van der Waals surface area (Å²) >= 11 is 0. The van der Waals surface area contributed by atoms with Crippen LogP contribution >= 0.6 is 0 Å². The fraction of sp³-hybridized carbons (Fsp3) is 0.364. The highest BCUT2D eigenvalue weighted by atomic mass is 19.1. The number of halogens is 2. The minimum Gasteiger partial charge on any atom is -0.379 e. The highest BCUT2D eigenvalue weighted by Gasteiger charge is 2.38. The van der Waals surface area contributed by atoms with E-state index >= 15 is 0 Å². The molecule has 0 radical (unpaired) electrons. The van der Waals surface area contributed by atoms with Gasteiger partial charge in [-0.1, -0.05) is 12.1 Å². The fourth-order valence-corrected chi connectivity index (χ4v) is 4.10. The first-order valence-electron chi connectivity index (χ1n) is 9.82. The Labute approximate surface area is 168 Å². The fourth-order valence-electron chi connectivity index (χ4n) is 4.10. The van der Waals surface area contributed by atoms with Gasteiger partial charge < -0.3 is 15.5 Å². The second-order valence-corrected chi connectivity index (χ2v) is 7.79. The van der Waals surface area contributed by atoms with Gasteiger partial charge in [-0.2, -0.15) is 0 Å². The lowest BCUT2D eigenvalue weighted by Gasteiger charge is -2.42. The van der Waals surface area contributed by atoms with Crippen LogP contribution in [0.5, 0.6) is 0 Å². The van der Waals surface area contributed by atoms with Crippen LogP contribution in [-0.2, 0) is 6.54 Å². The summed E-state index contributed by atoms with van der Waals surface area (Å²) in [5.41, 5.74) is 1.64. The van der Waals surface area contributed by atoms with Gasteiger partial charge in [-0.15, -0.1) is 0 Å². The molecule has 0 atom stereocenters. The molecule has 0 aromatic heterocycles. The largest absolute Gasteiger partial charge is 0.379 e. The lowest BCUT2D eigenvalue weighted by atomic mass is 9.83. The van der Waals surface area contributed by atoms with Gasteiger partial charge in [0.05, 0.1) is 0 Å². The number of fused-ring (bicyclic) bond motifs is 1. The molecule has 1 spiro atoms. The summed E-state index contributed by atoms with van der Waals surface area (Å²) < 4.78 is 26.5. The van der Waals surface area contributed by atoms with Crippen LogP contribution in [0, 0.1) is 11.6 Å². The molecular formula is C22H23F2N3O2. The summed E-state index contributed by atoms with van der Waals surface area (Å²) in [5, 5.41) is 6.34. The standard InChI is InChI=1S/C22H23F2N3O2/c23-16-3-1-15(2-4-16)14-25-21(29)27-11-9-22(10-12-27)8-7-20(28)18-13-17(24)5-6-19(18)26-22/h1-6,13,26H,7-12,14H2,(H,25,29). The zero-order chi connectivity index (χ0) is 20.4. The zero-order valence-electron chi connectivity index (χ0n) is 16.0. The number of rotatable bonds is 2. The second kappa shape index (κ2) is 7.81. The summed E-state index contributed by atoms with van der Waals surface area (Å²) in [7, 11) is 0. The van der Waals surface area contributed by atoms with Crippen molar-refractivity contribution in [3.8, 4) is 0 Å². The molecule has 2 aliphatic rings. The quantitative estimate of drug-likeness (QED) is 0.799. The summed E-state index contributed by atoms with van der Waals surface area (Å²) in [4.78, 5) is 26.6. The number of anilines is 1. The molecule has 0 bridgehead atoms. The van der Waals surface area contributed by atoms with Crippen molar-refractivity contribution in [1.29, 1.82) is 0 Å². The summed E-state index contributed by atoms with van der Waals surface area (Å²) in [5.74, 6) is -0.772. The molecular weight excluding hydrogens is 376 g/mol. The lowest BCUT2D eigenvalue weighted by Crippen LogP contribution is -2.52. The molecule has 2 heterocycles. The van der Waals surface area contributed by atoms with Gasteiger partial charge in [0.15, 0.2) is 5.78 Å². The second-order valence-electron chi connectivity index (χ2n) is 7.79. The van der Waals surface area contributed by atoms with E-state index in [0.717, 1.165) is 5.56 Å². The van der Waals surface area contributed by atoms with Crippen molar-refractivity contribution in [3.05, 3.63) is 65.2 Å². The van der Waals surface area contributed by atoms with Crippen molar-refractivity contribution in [1.82, 2.24) is 10.2 Å². The number of benzene rings is 2. The van der Waals surface area contributed by atoms with E-state index in [-0.39, 0.29) is 23.2 Å². The molecule has 2 aromatic carbocycles. The number of piperidine rings is 1. The molecule has 2 N–H and O–H groups in total. The first-order valence-corrected chi connectivity index (χ1v) is 9.82. The third-order valence-electron chi connectivity index (χ3n) is 5.88. The molecule has 7 heteroatoms. The normalized spacial score (nSPS) is 18.0. The molecule has 5 nitrogen and oxygen atoms in total. The number of carbonyl (C=O) groups is 2. The van der Waals surface area contributed by atoms with E-state index < -0.39 is 5.82 Å². The third kappa shape index (κ3) is 4.23. The van der Waals surface area contributed by atoms with Gasteiger partial charge >= 0.3 is 6.03 Å². The highest BCUT2D eigenvalue weighted by Crippen LogP contribution is 2.36. The number of nitrogens with zero attached hydrogens (tertiary/aromatic N) is 1. The molecule has 152 valence electrons. The Morgan fingerprint density at radius 3 is 2.45 bits per heavy atom. The van der Waals surface area contributed by atoms with Crippen molar-refractivity contribution < 1.29 is 18.4 Å². The summed E-state index contributed by atoms with van der Waals surface area (Å²) in [6.07, 6.45) is 2.44. The number of likely N-dealkylation sites (tertiary alicyclic amines) is 1. The Hall–Kier alpha value is -2.96. The van der Waals surface area contributed by atoms with Gasteiger partial charge in [0.1, 0.15) is 11.6 Å². The van der Waals surface area contributed by atoms with Gasteiger partial charge in [0, 0.05) is 42.8 Å². The molecule has 4 rings (SSSR count). The van der Waals surface area contributed by atoms with E-state index in [0.29, 0.717) is 56.6 Å². The molecule has 0 aliphatic carbocycles. The van der Waals surface area contributed by atoms with Crippen molar-refractivity contribution in [3.63, 3.8) is 0 Å². The van der Waals surface area contributed by atoms with Crippen LogP contribution in [-0.4, -0.2) is 35.3 Å². The van der Waals surface area contributed by atoms with Gasteiger partial charge in [0.2, 0.25) is 0 Å². The predicted octanol–water partition coefficient (Wildman–Crippen LogP) is 4.10. The number of hydrogen-bond acceptors (Lipinski definition) is 3. The summed E-state index contributed by atoms with van der Waals surface area (Å²) in [6, 6.07) is 10.1. The van der Waals surface area contributed by atoms with Crippen LogP contribution in [0.2, 0.25) is 0 Å². The molecule has 2 aromatic rings. The van der Waals surface area contributed by atoms with Gasteiger partial charge in [-0.25, -0.2) is 13.6 Å². The zero-order valence-corrected chi connectivity index (χ0v) is 16.0. The molecule has 29 heavy (non-hydrogen) atoms. The topological polar surface area (TPSA) is 61.4 Å². The number of carbonyl (C=O) groups excluding carboxylic acids is 2. The monoisotopic (exact) mass is 399 g/mol. The minimum absolute atomic E-state index is 0.0525.